The van der Waals surface area contributed by atoms with E-state index in [1.165, 1.54) is 0 Å². The number of rotatable bonds is 6. The Morgan fingerprint density at radius 3 is 2.45 bits per heavy atom. The molecule has 6 heteroatoms. The van der Waals surface area contributed by atoms with E-state index in [0.29, 0.717) is 11.5 Å². The molecule has 148 valence electrons. The summed E-state index contributed by atoms with van der Waals surface area (Å²) in [5.41, 5.74) is 3.45. The van der Waals surface area contributed by atoms with Crippen molar-refractivity contribution in [2.24, 2.45) is 0 Å². The smallest absolute Gasteiger partial charge is 0.246 e. The van der Waals surface area contributed by atoms with E-state index in [1.54, 1.807) is 20.3 Å². The van der Waals surface area contributed by atoms with Crippen LogP contribution in [0.5, 0.6) is 11.5 Å². The fraction of sp³-hybridized carbons (Fsp3) is 0.217. The molecule has 0 spiro atoms. The summed E-state index contributed by atoms with van der Waals surface area (Å²) in [7, 11) is 3.22. The van der Waals surface area contributed by atoms with E-state index in [1.807, 2.05) is 70.4 Å². The van der Waals surface area contributed by atoms with Gasteiger partial charge in [-0.3, -0.25) is 4.79 Å². The van der Waals surface area contributed by atoms with Gasteiger partial charge < -0.3 is 14.4 Å². The summed E-state index contributed by atoms with van der Waals surface area (Å²) < 4.78 is 12.6. The molecule has 4 rings (SSSR count). The number of benzene rings is 2. The van der Waals surface area contributed by atoms with Crippen LogP contribution in [0.4, 0.5) is 0 Å². The first kappa shape index (κ1) is 18.8. The highest BCUT2D eigenvalue weighted by Gasteiger charge is 2.18. The Kier molecular flexibility index (Phi) is 5.33. The molecule has 2 aromatic carbocycles. The van der Waals surface area contributed by atoms with Crippen molar-refractivity contribution in [2.45, 2.75) is 6.42 Å². The third kappa shape index (κ3) is 3.87. The average Bonchev–Trinajstić information content (AvgIpc) is 3.15. The third-order valence-corrected chi connectivity index (χ3v) is 4.99. The van der Waals surface area contributed by atoms with Crippen LogP contribution in [0.15, 0.2) is 60.8 Å². The van der Waals surface area contributed by atoms with Gasteiger partial charge in [-0.1, -0.05) is 18.2 Å². The molecule has 1 amide bonds. The van der Waals surface area contributed by atoms with Gasteiger partial charge in [0.25, 0.3) is 0 Å². The van der Waals surface area contributed by atoms with Gasteiger partial charge in [-0.15, -0.1) is 0 Å². The van der Waals surface area contributed by atoms with Crippen molar-refractivity contribution in [3.05, 3.63) is 66.4 Å². The number of nitrogens with zero attached hydrogens (tertiary/aromatic N) is 3. The van der Waals surface area contributed by atoms with Crippen LogP contribution in [0.25, 0.3) is 23.0 Å². The number of hydrogen-bond acceptors (Lipinski definition) is 4. The fourth-order valence-corrected chi connectivity index (χ4v) is 3.23. The molecule has 0 unspecified atom stereocenters. The lowest BCUT2D eigenvalue weighted by Crippen LogP contribution is -2.40. The molecular weight excluding hydrogens is 366 g/mol. The molecule has 3 aromatic rings. The number of ether oxygens (including phenoxy) is 2. The number of amides is 1. The van der Waals surface area contributed by atoms with E-state index in [4.69, 9.17) is 14.6 Å². The van der Waals surface area contributed by atoms with Gasteiger partial charge in [0.15, 0.2) is 11.5 Å². The lowest BCUT2D eigenvalue weighted by Gasteiger charge is -2.29. The van der Waals surface area contributed by atoms with Crippen LogP contribution in [0.1, 0.15) is 12.0 Å². The van der Waals surface area contributed by atoms with Crippen molar-refractivity contribution in [1.82, 2.24) is 14.7 Å². The molecule has 0 aliphatic carbocycles. The predicted molar refractivity (Wildman–Crippen MR) is 112 cm³/mol. The second kappa shape index (κ2) is 8.22. The molecule has 0 atom stereocenters. The Morgan fingerprint density at radius 2 is 1.79 bits per heavy atom. The molecule has 1 aromatic heterocycles. The van der Waals surface area contributed by atoms with Crippen LogP contribution < -0.4 is 9.47 Å². The summed E-state index contributed by atoms with van der Waals surface area (Å²) in [5.74, 6) is 1.32. The summed E-state index contributed by atoms with van der Waals surface area (Å²) in [6, 6.07) is 15.6. The van der Waals surface area contributed by atoms with Gasteiger partial charge >= 0.3 is 0 Å². The zero-order valence-corrected chi connectivity index (χ0v) is 16.5. The number of aromatic nitrogens is 2. The maximum Gasteiger partial charge on any atom is 0.246 e. The van der Waals surface area contributed by atoms with Gasteiger partial charge in [0, 0.05) is 36.5 Å². The first-order valence-corrected chi connectivity index (χ1v) is 9.54. The molecule has 1 fully saturated rings. The third-order valence-electron chi connectivity index (χ3n) is 4.99. The molecule has 1 aliphatic rings. The Hall–Kier alpha value is -3.54. The zero-order valence-electron chi connectivity index (χ0n) is 16.5. The summed E-state index contributed by atoms with van der Waals surface area (Å²) >= 11 is 0. The summed E-state index contributed by atoms with van der Waals surface area (Å²) in [6.07, 6.45) is 6.46. The molecule has 0 bridgehead atoms. The first-order chi connectivity index (χ1) is 14.2. The van der Waals surface area contributed by atoms with Crippen molar-refractivity contribution in [3.8, 4) is 28.4 Å². The Morgan fingerprint density at radius 1 is 1.03 bits per heavy atom. The van der Waals surface area contributed by atoms with E-state index in [-0.39, 0.29) is 5.91 Å². The van der Waals surface area contributed by atoms with E-state index in [0.717, 1.165) is 42.0 Å². The molecule has 2 heterocycles. The van der Waals surface area contributed by atoms with Crippen molar-refractivity contribution in [3.63, 3.8) is 0 Å². The van der Waals surface area contributed by atoms with Crippen LogP contribution in [-0.2, 0) is 4.79 Å². The van der Waals surface area contributed by atoms with Gasteiger partial charge in [0.1, 0.15) is 5.69 Å². The van der Waals surface area contributed by atoms with Crippen LogP contribution in [0.3, 0.4) is 0 Å². The fourth-order valence-electron chi connectivity index (χ4n) is 3.23. The minimum Gasteiger partial charge on any atom is -0.493 e. The molecule has 0 N–H and O–H groups in total. The highest BCUT2D eigenvalue weighted by Crippen LogP contribution is 2.33. The largest absolute Gasteiger partial charge is 0.493 e. The monoisotopic (exact) mass is 389 g/mol. The zero-order chi connectivity index (χ0) is 20.2. The number of hydrogen-bond donors (Lipinski definition) is 0. The highest BCUT2D eigenvalue weighted by molar-refractivity contribution is 5.93. The molecule has 6 nitrogen and oxygen atoms in total. The maximum atomic E-state index is 12.3. The number of likely N-dealkylation sites (tertiary alicyclic amines) is 1. The first-order valence-electron chi connectivity index (χ1n) is 9.54. The van der Waals surface area contributed by atoms with Crippen LogP contribution in [0, 0.1) is 0 Å². The maximum absolute atomic E-state index is 12.3. The Bertz CT molecular complexity index is 1040. The van der Waals surface area contributed by atoms with Crippen LogP contribution in [-0.4, -0.2) is 47.9 Å². The molecule has 0 radical (unpaired) electrons. The van der Waals surface area contributed by atoms with E-state index in [9.17, 15) is 4.79 Å². The number of para-hydroxylation sites is 1. The lowest BCUT2D eigenvalue weighted by molar-refractivity contribution is -0.129. The highest BCUT2D eigenvalue weighted by atomic mass is 16.5. The second-order valence-electron chi connectivity index (χ2n) is 6.80. The minimum atomic E-state index is 0.0296. The molecule has 29 heavy (non-hydrogen) atoms. The average molecular weight is 389 g/mol. The van der Waals surface area contributed by atoms with Crippen molar-refractivity contribution < 1.29 is 14.3 Å². The standard InChI is InChI=1S/C23H23N3O3/c1-28-20-11-9-17(15-21(20)29-2)23-18(10-12-22(27)25-13-6-14-25)16-26(24-23)19-7-4-3-5-8-19/h3-5,7-12,15-16H,6,13-14H2,1-2H3. The normalized spacial score (nSPS) is 13.4. The van der Waals surface area contributed by atoms with Crippen LogP contribution in [0.2, 0.25) is 0 Å². The van der Waals surface area contributed by atoms with Gasteiger partial charge in [-0.05, 0) is 42.8 Å². The Balaban J connectivity index is 1.75. The number of methoxy groups -OCH3 is 2. The van der Waals surface area contributed by atoms with E-state index in [2.05, 4.69) is 0 Å². The summed E-state index contributed by atoms with van der Waals surface area (Å²) in [5, 5.41) is 4.78. The molecule has 0 saturated carbocycles. The summed E-state index contributed by atoms with van der Waals surface area (Å²) in [6.45, 7) is 1.66. The van der Waals surface area contributed by atoms with Gasteiger partial charge in [-0.25, -0.2) is 4.68 Å². The summed E-state index contributed by atoms with van der Waals surface area (Å²) in [4.78, 5) is 14.1. The van der Waals surface area contributed by atoms with Crippen LogP contribution >= 0.6 is 0 Å². The molecular formula is C23H23N3O3. The molecule has 1 saturated heterocycles. The number of carbonyl (C=O) groups excluding carboxylic acids is 1. The quantitative estimate of drug-likeness (QED) is 0.602. The second-order valence-corrected chi connectivity index (χ2v) is 6.80. The SMILES string of the molecule is COc1ccc(-c2nn(-c3ccccc3)cc2C=CC(=O)N2CCC2)cc1OC. The van der Waals surface area contributed by atoms with E-state index < -0.39 is 0 Å². The number of carbonyl (C=O) groups is 1. The van der Waals surface area contributed by atoms with Gasteiger partial charge in [0.2, 0.25) is 5.91 Å². The topological polar surface area (TPSA) is 56.6 Å². The lowest BCUT2D eigenvalue weighted by atomic mass is 10.1. The van der Waals surface area contributed by atoms with Crippen molar-refractivity contribution >= 4 is 12.0 Å². The predicted octanol–water partition coefficient (Wildman–Crippen LogP) is 3.80. The minimum absolute atomic E-state index is 0.0296. The van der Waals surface area contributed by atoms with Crippen molar-refractivity contribution in [1.29, 1.82) is 0 Å². The van der Waals surface area contributed by atoms with E-state index >= 15 is 0 Å². The van der Waals surface area contributed by atoms with Gasteiger partial charge in [-0.2, -0.15) is 5.10 Å². The van der Waals surface area contributed by atoms with Crippen molar-refractivity contribution in [2.75, 3.05) is 27.3 Å². The Labute approximate surface area is 170 Å². The van der Waals surface area contributed by atoms with Gasteiger partial charge in [0.05, 0.1) is 19.9 Å². The molecule has 1 aliphatic heterocycles.